The largest absolute Gasteiger partial charge is 0.310 e. The van der Waals surface area contributed by atoms with Crippen molar-refractivity contribution in [1.29, 1.82) is 0 Å². The van der Waals surface area contributed by atoms with Crippen LogP contribution in [-0.4, -0.2) is 15.0 Å². The van der Waals surface area contributed by atoms with Gasteiger partial charge in [0.2, 0.25) is 0 Å². The van der Waals surface area contributed by atoms with Crippen molar-refractivity contribution in [3.05, 3.63) is 58.8 Å². The smallest absolute Gasteiger partial charge is 0.251 e. The van der Waals surface area contributed by atoms with Crippen LogP contribution in [-0.2, 0) is 0 Å². The zero-order chi connectivity index (χ0) is 14.1. The summed E-state index contributed by atoms with van der Waals surface area (Å²) in [5.74, 6) is 0.884. The fourth-order valence-electron chi connectivity index (χ4n) is 2.12. The van der Waals surface area contributed by atoms with Gasteiger partial charge in [-0.25, -0.2) is 4.98 Å². The summed E-state index contributed by atoms with van der Waals surface area (Å²) in [4.78, 5) is 23.4. The van der Waals surface area contributed by atoms with Crippen molar-refractivity contribution in [2.45, 2.75) is 19.8 Å². The summed E-state index contributed by atoms with van der Waals surface area (Å²) < 4.78 is 0. The van der Waals surface area contributed by atoms with E-state index >= 15 is 0 Å². The van der Waals surface area contributed by atoms with Gasteiger partial charge in [-0.1, -0.05) is 32.0 Å². The van der Waals surface area contributed by atoms with Crippen LogP contribution in [0.2, 0.25) is 0 Å². The third kappa shape index (κ3) is 2.32. The molecule has 0 amide bonds. The second kappa shape index (κ2) is 4.89. The molecule has 0 radical (unpaired) electrons. The second-order valence-corrected chi connectivity index (χ2v) is 5.08. The molecule has 0 saturated heterocycles. The molecule has 0 bridgehead atoms. The van der Waals surface area contributed by atoms with Crippen LogP contribution in [0.1, 0.15) is 25.6 Å². The van der Waals surface area contributed by atoms with Crippen LogP contribution < -0.4 is 5.56 Å². The average molecular weight is 265 g/mol. The minimum Gasteiger partial charge on any atom is -0.310 e. The number of pyridine rings is 1. The Hall–Kier alpha value is -2.49. The normalized spacial score (nSPS) is 11.2. The van der Waals surface area contributed by atoms with Crippen LogP contribution in [0.25, 0.3) is 22.2 Å². The van der Waals surface area contributed by atoms with Gasteiger partial charge in [-0.2, -0.15) is 0 Å². The van der Waals surface area contributed by atoms with Gasteiger partial charge in [0.05, 0.1) is 11.2 Å². The molecule has 2 aromatic heterocycles. The Morgan fingerprint density at radius 3 is 2.80 bits per heavy atom. The highest BCUT2D eigenvalue weighted by atomic mass is 16.1. The van der Waals surface area contributed by atoms with Crippen LogP contribution in [0.3, 0.4) is 0 Å². The molecule has 1 N–H and O–H groups in total. The number of H-pyrrole nitrogens is 1. The summed E-state index contributed by atoms with van der Waals surface area (Å²) in [5.41, 5.74) is 2.37. The highest BCUT2D eigenvalue weighted by Crippen LogP contribution is 2.21. The van der Waals surface area contributed by atoms with Gasteiger partial charge in [-0.05, 0) is 12.1 Å². The maximum absolute atomic E-state index is 11.7. The summed E-state index contributed by atoms with van der Waals surface area (Å²) in [7, 11) is 0. The SMILES string of the molecule is CC(C)c1nc(-c2ccc3cccnc3c2)cc(=O)[nH]1. The quantitative estimate of drug-likeness (QED) is 0.774. The maximum atomic E-state index is 11.7. The third-order valence-corrected chi connectivity index (χ3v) is 3.21. The number of fused-ring (bicyclic) bond motifs is 1. The Kier molecular flexibility index (Phi) is 3.06. The first-order valence-corrected chi connectivity index (χ1v) is 6.60. The lowest BCUT2D eigenvalue weighted by Crippen LogP contribution is -2.12. The maximum Gasteiger partial charge on any atom is 0.251 e. The number of rotatable bonds is 2. The van der Waals surface area contributed by atoms with Crippen molar-refractivity contribution in [3.63, 3.8) is 0 Å². The second-order valence-electron chi connectivity index (χ2n) is 5.08. The Labute approximate surface area is 116 Å². The number of hydrogen-bond donors (Lipinski definition) is 1. The Morgan fingerprint density at radius 2 is 2.00 bits per heavy atom. The molecule has 0 spiro atoms. The lowest BCUT2D eigenvalue weighted by molar-refractivity contribution is 0.768. The van der Waals surface area contributed by atoms with E-state index in [-0.39, 0.29) is 11.5 Å². The van der Waals surface area contributed by atoms with Gasteiger partial charge in [0.15, 0.2) is 0 Å². The highest BCUT2D eigenvalue weighted by molar-refractivity contribution is 5.83. The minimum atomic E-state index is -0.125. The number of hydrogen-bond acceptors (Lipinski definition) is 3. The standard InChI is InChI=1S/C16H15N3O/c1-10(2)16-18-14(9-15(20)19-16)12-6-5-11-4-3-7-17-13(11)8-12/h3-10H,1-2H3,(H,18,19,20). The number of nitrogens with zero attached hydrogens (tertiary/aromatic N) is 2. The predicted octanol–water partition coefficient (Wildman–Crippen LogP) is 3.11. The molecule has 0 aliphatic carbocycles. The molecule has 100 valence electrons. The summed E-state index contributed by atoms with van der Waals surface area (Å²) in [5, 5.41) is 1.07. The minimum absolute atomic E-state index is 0.125. The zero-order valence-corrected chi connectivity index (χ0v) is 11.4. The number of aromatic amines is 1. The van der Waals surface area contributed by atoms with Gasteiger partial charge < -0.3 is 4.98 Å². The van der Waals surface area contributed by atoms with Crippen LogP contribution in [0.4, 0.5) is 0 Å². The first kappa shape index (κ1) is 12.5. The monoisotopic (exact) mass is 265 g/mol. The number of nitrogens with one attached hydrogen (secondary N) is 1. The molecule has 3 aromatic rings. The fraction of sp³-hybridized carbons (Fsp3) is 0.188. The van der Waals surface area contributed by atoms with Crippen molar-refractivity contribution in [2.75, 3.05) is 0 Å². The third-order valence-electron chi connectivity index (χ3n) is 3.21. The molecule has 0 saturated carbocycles. The summed E-state index contributed by atoms with van der Waals surface area (Å²) in [6.45, 7) is 4.01. The predicted molar refractivity (Wildman–Crippen MR) is 79.7 cm³/mol. The molecule has 0 fully saturated rings. The summed E-state index contributed by atoms with van der Waals surface area (Å²) in [6, 6.07) is 11.4. The molecule has 0 aliphatic rings. The van der Waals surface area contributed by atoms with E-state index in [2.05, 4.69) is 15.0 Å². The van der Waals surface area contributed by atoms with E-state index in [1.165, 1.54) is 6.07 Å². The lowest BCUT2D eigenvalue weighted by Gasteiger charge is -2.07. The van der Waals surface area contributed by atoms with E-state index in [0.29, 0.717) is 11.5 Å². The average Bonchev–Trinajstić information content (AvgIpc) is 2.46. The molecular weight excluding hydrogens is 250 g/mol. The molecular formula is C16H15N3O. The van der Waals surface area contributed by atoms with Crippen molar-refractivity contribution in [3.8, 4) is 11.3 Å². The molecule has 20 heavy (non-hydrogen) atoms. The van der Waals surface area contributed by atoms with Gasteiger partial charge >= 0.3 is 0 Å². The molecule has 2 heterocycles. The lowest BCUT2D eigenvalue weighted by atomic mass is 10.1. The van der Waals surface area contributed by atoms with E-state index in [1.54, 1.807) is 6.20 Å². The molecule has 4 heteroatoms. The molecule has 4 nitrogen and oxygen atoms in total. The molecule has 0 aliphatic heterocycles. The Balaban J connectivity index is 2.17. The van der Waals surface area contributed by atoms with Gasteiger partial charge in [0.25, 0.3) is 5.56 Å². The topological polar surface area (TPSA) is 58.6 Å². The van der Waals surface area contributed by atoms with E-state index in [0.717, 1.165) is 16.5 Å². The van der Waals surface area contributed by atoms with Crippen LogP contribution in [0.15, 0.2) is 47.4 Å². The molecule has 0 unspecified atom stereocenters. The highest BCUT2D eigenvalue weighted by Gasteiger charge is 2.07. The molecule has 3 rings (SSSR count). The van der Waals surface area contributed by atoms with Crippen molar-refractivity contribution in [1.82, 2.24) is 15.0 Å². The molecule has 0 atom stereocenters. The Morgan fingerprint density at radius 1 is 1.15 bits per heavy atom. The number of aromatic nitrogens is 3. The van der Waals surface area contributed by atoms with Gasteiger partial charge in [0.1, 0.15) is 5.82 Å². The first-order chi connectivity index (χ1) is 9.63. The van der Waals surface area contributed by atoms with Crippen LogP contribution >= 0.6 is 0 Å². The van der Waals surface area contributed by atoms with Crippen molar-refractivity contribution < 1.29 is 0 Å². The first-order valence-electron chi connectivity index (χ1n) is 6.60. The van der Waals surface area contributed by atoms with Crippen LogP contribution in [0.5, 0.6) is 0 Å². The van der Waals surface area contributed by atoms with Crippen molar-refractivity contribution >= 4 is 10.9 Å². The van der Waals surface area contributed by atoms with Gasteiger partial charge in [0, 0.05) is 29.1 Å². The van der Waals surface area contributed by atoms with Gasteiger partial charge in [-0.3, -0.25) is 9.78 Å². The number of benzene rings is 1. The van der Waals surface area contributed by atoms with Crippen LogP contribution in [0, 0.1) is 0 Å². The van der Waals surface area contributed by atoms with E-state index < -0.39 is 0 Å². The summed E-state index contributed by atoms with van der Waals surface area (Å²) in [6.07, 6.45) is 1.76. The van der Waals surface area contributed by atoms with Crippen molar-refractivity contribution in [2.24, 2.45) is 0 Å². The summed E-state index contributed by atoms with van der Waals surface area (Å²) >= 11 is 0. The van der Waals surface area contributed by atoms with E-state index in [9.17, 15) is 4.79 Å². The zero-order valence-electron chi connectivity index (χ0n) is 11.4. The Bertz CT molecular complexity index is 821. The van der Waals surface area contributed by atoms with E-state index in [1.807, 2.05) is 44.2 Å². The fourth-order valence-corrected chi connectivity index (χ4v) is 2.12. The van der Waals surface area contributed by atoms with Gasteiger partial charge in [-0.15, -0.1) is 0 Å². The van der Waals surface area contributed by atoms with E-state index in [4.69, 9.17) is 0 Å². The molecule has 1 aromatic carbocycles.